The second kappa shape index (κ2) is 7.39. The molecule has 0 spiro atoms. The summed E-state index contributed by atoms with van der Waals surface area (Å²) in [6, 6.07) is 10.7. The third-order valence-electron chi connectivity index (χ3n) is 3.34. The lowest BCUT2D eigenvalue weighted by Crippen LogP contribution is -2.24. The van der Waals surface area contributed by atoms with E-state index in [2.05, 4.69) is 28.2 Å². The molecule has 112 valence electrons. The van der Waals surface area contributed by atoms with Crippen molar-refractivity contribution in [3.05, 3.63) is 68.4 Å². The van der Waals surface area contributed by atoms with Crippen molar-refractivity contribution < 1.29 is 4.39 Å². The van der Waals surface area contributed by atoms with Crippen LogP contribution in [0.4, 0.5) is 4.39 Å². The highest BCUT2D eigenvalue weighted by atomic mass is 79.9. The minimum Gasteiger partial charge on any atom is -0.306 e. The van der Waals surface area contributed by atoms with E-state index < -0.39 is 0 Å². The molecule has 2 rings (SSSR count). The normalized spacial score (nSPS) is 12.4. The highest BCUT2D eigenvalue weighted by Gasteiger charge is 2.19. The predicted molar refractivity (Wildman–Crippen MR) is 90.4 cm³/mol. The maximum absolute atomic E-state index is 14.3. The molecule has 0 aliphatic rings. The Labute approximate surface area is 138 Å². The van der Waals surface area contributed by atoms with Crippen molar-refractivity contribution >= 4 is 27.5 Å². The zero-order valence-corrected chi connectivity index (χ0v) is 14.4. The molecule has 2 aromatic carbocycles. The van der Waals surface area contributed by atoms with Crippen molar-refractivity contribution in [1.29, 1.82) is 0 Å². The molecule has 21 heavy (non-hydrogen) atoms. The van der Waals surface area contributed by atoms with Gasteiger partial charge in [-0.3, -0.25) is 0 Å². The standard InChI is InChI=1S/C17H18BrClFN/c1-3-8-21-17(13-6-4-11(2)9-15(13)18)14-7-5-12(19)10-16(14)20/h4-7,9-10,17,21H,3,8H2,1-2H3. The molecule has 1 unspecified atom stereocenters. The monoisotopic (exact) mass is 369 g/mol. The Morgan fingerprint density at radius 3 is 2.52 bits per heavy atom. The summed E-state index contributed by atoms with van der Waals surface area (Å²) in [4.78, 5) is 0. The zero-order valence-electron chi connectivity index (χ0n) is 12.1. The molecule has 1 nitrogen and oxygen atoms in total. The number of rotatable bonds is 5. The van der Waals surface area contributed by atoms with Gasteiger partial charge in [0.1, 0.15) is 5.82 Å². The van der Waals surface area contributed by atoms with Crippen LogP contribution in [0.15, 0.2) is 40.9 Å². The lowest BCUT2D eigenvalue weighted by Gasteiger charge is -2.22. The van der Waals surface area contributed by atoms with Gasteiger partial charge < -0.3 is 5.32 Å². The maximum atomic E-state index is 14.3. The fourth-order valence-corrected chi connectivity index (χ4v) is 3.16. The highest BCUT2D eigenvalue weighted by Crippen LogP contribution is 2.31. The summed E-state index contributed by atoms with van der Waals surface area (Å²) in [6.07, 6.45) is 0.981. The molecule has 0 saturated carbocycles. The number of hydrogen-bond acceptors (Lipinski definition) is 1. The number of halogens is 3. The van der Waals surface area contributed by atoms with Gasteiger partial charge in [-0.1, -0.05) is 52.7 Å². The van der Waals surface area contributed by atoms with Gasteiger partial charge in [0.25, 0.3) is 0 Å². The quantitative estimate of drug-likeness (QED) is 0.718. The Morgan fingerprint density at radius 2 is 1.90 bits per heavy atom. The van der Waals surface area contributed by atoms with Crippen LogP contribution in [0.3, 0.4) is 0 Å². The third kappa shape index (κ3) is 4.06. The molecular formula is C17H18BrClFN. The molecule has 2 aromatic rings. The molecule has 0 aliphatic carbocycles. The van der Waals surface area contributed by atoms with E-state index in [4.69, 9.17) is 11.6 Å². The van der Waals surface area contributed by atoms with Gasteiger partial charge in [-0.25, -0.2) is 4.39 Å². The Bertz CT molecular complexity index is 579. The van der Waals surface area contributed by atoms with Gasteiger partial charge >= 0.3 is 0 Å². The van der Waals surface area contributed by atoms with Crippen LogP contribution in [0.5, 0.6) is 0 Å². The van der Waals surface area contributed by atoms with Crippen molar-refractivity contribution in [2.45, 2.75) is 26.3 Å². The van der Waals surface area contributed by atoms with Crippen LogP contribution in [0, 0.1) is 12.7 Å². The van der Waals surface area contributed by atoms with Crippen LogP contribution in [0.25, 0.3) is 0 Å². The van der Waals surface area contributed by atoms with Crippen molar-refractivity contribution in [2.24, 2.45) is 0 Å². The van der Waals surface area contributed by atoms with Crippen molar-refractivity contribution in [3.63, 3.8) is 0 Å². The summed E-state index contributed by atoms with van der Waals surface area (Å²) >= 11 is 9.44. The van der Waals surface area contributed by atoms with Gasteiger partial charge in [0.15, 0.2) is 0 Å². The number of benzene rings is 2. The Kier molecular flexibility index (Phi) is 5.80. The predicted octanol–water partition coefficient (Wildman–Crippen LogP) is 5.64. The fraction of sp³-hybridized carbons (Fsp3) is 0.294. The fourth-order valence-electron chi connectivity index (χ4n) is 2.28. The minimum absolute atomic E-state index is 0.197. The smallest absolute Gasteiger partial charge is 0.129 e. The van der Waals surface area contributed by atoms with E-state index in [0.29, 0.717) is 10.6 Å². The van der Waals surface area contributed by atoms with Gasteiger partial charge in [0, 0.05) is 15.1 Å². The lowest BCUT2D eigenvalue weighted by molar-refractivity contribution is 0.546. The molecule has 0 aromatic heterocycles. The van der Waals surface area contributed by atoms with Crippen LogP contribution in [0.1, 0.15) is 36.1 Å². The maximum Gasteiger partial charge on any atom is 0.129 e. The van der Waals surface area contributed by atoms with Gasteiger partial charge in [0.2, 0.25) is 0 Å². The van der Waals surface area contributed by atoms with Crippen LogP contribution < -0.4 is 5.32 Å². The Balaban J connectivity index is 2.46. The Morgan fingerprint density at radius 1 is 1.19 bits per heavy atom. The van der Waals surface area contributed by atoms with E-state index in [9.17, 15) is 4.39 Å². The summed E-state index contributed by atoms with van der Waals surface area (Å²) in [5.41, 5.74) is 2.80. The first kappa shape index (κ1) is 16.5. The Hall–Kier alpha value is -0.900. The van der Waals surface area contributed by atoms with E-state index in [1.807, 2.05) is 25.1 Å². The van der Waals surface area contributed by atoms with E-state index in [0.717, 1.165) is 28.6 Å². The van der Waals surface area contributed by atoms with E-state index in [1.54, 1.807) is 12.1 Å². The first-order valence-corrected chi connectivity index (χ1v) is 8.14. The van der Waals surface area contributed by atoms with Gasteiger partial charge in [-0.05, 0) is 49.2 Å². The summed E-state index contributed by atoms with van der Waals surface area (Å²) in [5.74, 6) is -0.288. The average molecular weight is 371 g/mol. The molecule has 0 amide bonds. The number of nitrogens with one attached hydrogen (secondary N) is 1. The third-order valence-corrected chi connectivity index (χ3v) is 4.26. The average Bonchev–Trinajstić information content (AvgIpc) is 2.42. The minimum atomic E-state index is -0.288. The lowest BCUT2D eigenvalue weighted by atomic mass is 9.97. The van der Waals surface area contributed by atoms with E-state index in [-0.39, 0.29) is 11.9 Å². The van der Waals surface area contributed by atoms with Crippen molar-refractivity contribution in [3.8, 4) is 0 Å². The van der Waals surface area contributed by atoms with Crippen molar-refractivity contribution in [2.75, 3.05) is 6.54 Å². The number of aryl methyl sites for hydroxylation is 1. The first-order valence-electron chi connectivity index (χ1n) is 6.97. The second-order valence-electron chi connectivity index (χ2n) is 5.08. The van der Waals surface area contributed by atoms with Gasteiger partial charge in [-0.2, -0.15) is 0 Å². The molecule has 0 aliphatic heterocycles. The van der Waals surface area contributed by atoms with Crippen LogP contribution in [-0.4, -0.2) is 6.54 Å². The van der Waals surface area contributed by atoms with Gasteiger partial charge in [-0.15, -0.1) is 0 Å². The number of hydrogen-bond donors (Lipinski definition) is 1. The summed E-state index contributed by atoms with van der Waals surface area (Å²) < 4.78 is 15.3. The molecule has 0 radical (unpaired) electrons. The molecule has 0 saturated heterocycles. The second-order valence-corrected chi connectivity index (χ2v) is 6.37. The van der Waals surface area contributed by atoms with Crippen LogP contribution in [0.2, 0.25) is 5.02 Å². The molecular weight excluding hydrogens is 353 g/mol. The largest absolute Gasteiger partial charge is 0.306 e. The molecule has 0 heterocycles. The molecule has 0 fully saturated rings. The summed E-state index contributed by atoms with van der Waals surface area (Å²) in [7, 11) is 0. The SMILES string of the molecule is CCCNC(c1ccc(Cl)cc1F)c1ccc(C)cc1Br. The summed E-state index contributed by atoms with van der Waals surface area (Å²) in [6.45, 7) is 4.94. The van der Waals surface area contributed by atoms with Crippen LogP contribution >= 0.6 is 27.5 Å². The molecule has 1 N–H and O–H groups in total. The summed E-state index contributed by atoms with van der Waals surface area (Å²) in [5, 5.41) is 3.82. The molecule has 4 heteroatoms. The van der Waals surface area contributed by atoms with Gasteiger partial charge in [0.05, 0.1) is 6.04 Å². The van der Waals surface area contributed by atoms with Crippen LogP contribution in [-0.2, 0) is 0 Å². The van der Waals surface area contributed by atoms with E-state index in [1.165, 1.54) is 6.07 Å². The van der Waals surface area contributed by atoms with Crippen molar-refractivity contribution in [1.82, 2.24) is 5.32 Å². The first-order chi connectivity index (χ1) is 10.0. The molecule has 1 atom stereocenters. The van der Waals surface area contributed by atoms with E-state index >= 15 is 0 Å². The zero-order chi connectivity index (χ0) is 15.4. The topological polar surface area (TPSA) is 12.0 Å². The highest BCUT2D eigenvalue weighted by molar-refractivity contribution is 9.10. The molecule has 0 bridgehead atoms.